The van der Waals surface area contributed by atoms with Gasteiger partial charge in [-0.25, -0.2) is 0 Å². The Kier molecular flexibility index (Phi) is 8.53. The summed E-state index contributed by atoms with van der Waals surface area (Å²) in [5, 5.41) is 6.79. The number of para-hydroxylation sites is 1. The zero-order valence-electron chi connectivity index (χ0n) is 18.4. The summed E-state index contributed by atoms with van der Waals surface area (Å²) in [5.41, 5.74) is 3.69. The molecule has 2 aromatic carbocycles. The maximum atomic E-state index is 5.70. The zero-order valence-corrected chi connectivity index (χ0v) is 18.4. The number of nitrogens with one attached hydrogen (secondary N) is 2. The van der Waals surface area contributed by atoms with Gasteiger partial charge in [-0.2, -0.15) is 0 Å². The van der Waals surface area contributed by atoms with Gasteiger partial charge in [-0.15, -0.1) is 0 Å². The average molecular weight is 411 g/mol. The van der Waals surface area contributed by atoms with Crippen molar-refractivity contribution in [3.8, 4) is 5.75 Å². The van der Waals surface area contributed by atoms with Gasteiger partial charge in [-0.3, -0.25) is 9.89 Å². The number of hydrogen-bond donors (Lipinski definition) is 2. The number of guanidine groups is 1. The topological polar surface area (TPSA) is 58.1 Å². The monoisotopic (exact) mass is 410 g/mol. The van der Waals surface area contributed by atoms with Gasteiger partial charge < -0.3 is 20.1 Å². The van der Waals surface area contributed by atoms with Crippen molar-refractivity contribution in [1.29, 1.82) is 0 Å². The summed E-state index contributed by atoms with van der Waals surface area (Å²) in [4.78, 5) is 6.81. The van der Waals surface area contributed by atoms with E-state index in [4.69, 9.17) is 9.47 Å². The Labute approximate surface area is 180 Å². The van der Waals surface area contributed by atoms with E-state index < -0.39 is 0 Å². The van der Waals surface area contributed by atoms with Crippen LogP contribution in [0.3, 0.4) is 0 Å². The average Bonchev–Trinajstić information content (AvgIpc) is 2.75. The van der Waals surface area contributed by atoms with Crippen LogP contribution in [0.25, 0.3) is 0 Å². The molecule has 0 spiro atoms. The van der Waals surface area contributed by atoms with Crippen LogP contribution in [-0.4, -0.2) is 50.3 Å². The van der Waals surface area contributed by atoms with Gasteiger partial charge in [-0.05, 0) is 31.0 Å². The van der Waals surface area contributed by atoms with Crippen LogP contribution >= 0.6 is 0 Å². The van der Waals surface area contributed by atoms with Gasteiger partial charge in [0.25, 0.3) is 0 Å². The summed E-state index contributed by atoms with van der Waals surface area (Å²) in [5.74, 6) is 1.68. The molecule has 2 N–H and O–H groups in total. The van der Waals surface area contributed by atoms with E-state index in [1.807, 2.05) is 25.1 Å². The summed E-state index contributed by atoms with van der Waals surface area (Å²) in [7, 11) is 1.79. The second kappa shape index (κ2) is 11.6. The molecule has 0 radical (unpaired) electrons. The van der Waals surface area contributed by atoms with Crippen molar-refractivity contribution in [2.24, 2.45) is 4.99 Å². The van der Waals surface area contributed by atoms with E-state index in [-0.39, 0.29) is 0 Å². The molecule has 1 saturated heterocycles. The van der Waals surface area contributed by atoms with Crippen LogP contribution in [-0.2, 0) is 24.4 Å². The third-order valence-corrected chi connectivity index (χ3v) is 5.13. The molecule has 6 heteroatoms. The number of hydrogen-bond acceptors (Lipinski definition) is 4. The lowest BCUT2D eigenvalue weighted by Gasteiger charge is -2.31. The molecular formula is C24H34N4O2. The predicted molar refractivity (Wildman–Crippen MR) is 122 cm³/mol. The largest absolute Gasteiger partial charge is 0.494 e. The lowest BCUT2D eigenvalue weighted by molar-refractivity contribution is -0.0212. The Morgan fingerprint density at radius 1 is 1.13 bits per heavy atom. The maximum absolute atomic E-state index is 5.70. The molecule has 162 valence electrons. The van der Waals surface area contributed by atoms with E-state index >= 15 is 0 Å². The van der Waals surface area contributed by atoms with Crippen molar-refractivity contribution >= 4 is 5.96 Å². The van der Waals surface area contributed by atoms with Crippen molar-refractivity contribution in [3.05, 3.63) is 65.2 Å². The van der Waals surface area contributed by atoms with Crippen LogP contribution in [0, 0.1) is 0 Å². The van der Waals surface area contributed by atoms with Gasteiger partial charge in [-0.1, -0.05) is 42.5 Å². The van der Waals surface area contributed by atoms with Crippen LogP contribution in [0.4, 0.5) is 0 Å². The first-order valence-electron chi connectivity index (χ1n) is 10.7. The van der Waals surface area contributed by atoms with Crippen molar-refractivity contribution in [1.82, 2.24) is 15.5 Å². The molecule has 0 amide bonds. The standard InChI is InChI=1S/C24H34N4O2/c1-4-29-23-11-6-5-10-22(23)16-27-24(25-3)26-15-20-8-7-9-21(14-20)18-28-12-13-30-19(2)17-28/h5-11,14,19H,4,12-13,15-18H2,1-3H3,(H2,25,26,27). The lowest BCUT2D eigenvalue weighted by atomic mass is 10.1. The van der Waals surface area contributed by atoms with Gasteiger partial charge in [0.05, 0.1) is 19.3 Å². The molecule has 0 bridgehead atoms. The highest BCUT2D eigenvalue weighted by atomic mass is 16.5. The molecule has 2 aromatic rings. The summed E-state index contributed by atoms with van der Waals surface area (Å²) in [6.07, 6.45) is 0.311. The molecule has 30 heavy (non-hydrogen) atoms. The molecule has 1 unspecified atom stereocenters. The molecule has 1 aliphatic rings. The molecule has 1 heterocycles. The molecule has 6 nitrogen and oxygen atoms in total. The lowest BCUT2D eigenvalue weighted by Crippen LogP contribution is -2.40. The Morgan fingerprint density at radius 2 is 1.93 bits per heavy atom. The van der Waals surface area contributed by atoms with Gasteiger partial charge in [0.2, 0.25) is 0 Å². The third-order valence-electron chi connectivity index (χ3n) is 5.13. The van der Waals surface area contributed by atoms with Crippen LogP contribution < -0.4 is 15.4 Å². The fourth-order valence-electron chi connectivity index (χ4n) is 3.66. The van der Waals surface area contributed by atoms with Crippen molar-refractivity contribution < 1.29 is 9.47 Å². The summed E-state index contributed by atoms with van der Waals surface area (Å²) in [6, 6.07) is 16.8. The molecule has 0 aromatic heterocycles. The highest BCUT2D eigenvalue weighted by Crippen LogP contribution is 2.17. The number of aliphatic imine (C=N–C) groups is 1. The van der Waals surface area contributed by atoms with Gasteiger partial charge >= 0.3 is 0 Å². The first-order chi connectivity index (χ1) is 14.7. The highest BCUT2D eigenvalue weighted by molar-refractivity contribution is 5.79. The smallest absolute Gasteiger partial charge is 0.191 e. The minimum Gasteiger partial charge on any atom is -0.494 e. The normalized spacial score (nSPS) is 17.6. The number of nitrogens with zero attached hydrogens (tertiary/aromatic N) is 2. The molecule has 3 rings (SSSR count). The van der Waals surface area contributed by atoms with E-state index in [2.05, 4.69) is 57.8 Å². The number of morpholine rings is 1. The van der Waals surface area contributed by atoms with Crippen molar-refractivity contribution in [2.45, 2.75) is 39.6 Å². The SMILES string of the molecule is CCOc1ccccc1CNC(=NC)NCc1cccc(CN2CCOC(C)C2)c1. The Bertz CT molecular complexity index is 824. The Morgan fingerprint density at radius 3 is 2.73 bits per heavy atom. The van der Waals surface area contributed by atoms with Crippen LogP contribution in [0.15, 0.2) is 53.5 Å². The fourth-order valence-corrected chi connectivity index (χ4v) is 3.66. The Balaban J connectivity index is 1.51. The minimum absolute atomic E-state index is 0.311. The molecule has 0 saturated carbocycles. The molecule has 0 aliphatic carbocycles. The first-order valence-corrected chi connectivity index (χ1v) is 10.7. The van der Waals surface area contributed by atoms with Crippen molar-refractivity contribution in [3.63, 3.8) is 0 Å². The molecule has 1 aliphatic heterocycles. The Hall–Kier alpha value is -2.57. The van der Waals surface area contributed by atoms with E-state index in [1.54, 1.807) is 7.05 Å². The summed E-state index contributed by atoms with van der Waals surface area (Å²) >= 11 is 0. The fraction of sp³-hybridized carbons (Fsp3) is 0.458. The first kappa shape index (κ1) is 22.1. The van der Waals surface area contributed by atoms with Crippen LogP contribution in [0.2, 0.25) is 0 Å². The maximum Gasteiger partial charge on any atom is 0.191 e. The van der Waals surface area contributed by atoms with Gasteiger partial charge in [0, 0.05) is 45.3 Å². The number of rotatable bonds is 8. The molecular weight excluding hydrogens is 376 g/mol. The zero-order chi connectivity index (χ0) is 21.2. The third kappa shape index (κ3) is 6.75. The molecule has 1 atom stereocenters. The van der Waals surface area contributed by atoms with E-state index in [0.717, 1.165) is 50.1 Å². The van der Waals surface area contributed by atoms with E-state index in [1.165, 1.54) is 11.1 Å². The highest BCUT2D eigenvalue weighted by Gasteiger charge is 2.16. The predicted octanol–water partition coefficient (Wildman–Crippen LogP) is 3.17. The van der Waals surface area contributed by atoms with Crippen molar-refractivity contribution in [2.75, 3.05) is 33.4 Å². The van der Waals surface area contributed by atoms with E-state index in [9.17, 15) is 0 Å². The number of ether oxygens (including phenoxy) is 2. The molecule has 1 fully saturated rings. The number of benzene rings is 2. The van der Waals surface area contributed by atoms with E-state index in [0.29, 0.717) is 19.3 Å². The van der Waals surface area contributed by atoms with Crippen LogP contribution in [0.1, 0.15) is 30.5 Å². The summed E-state index contributed by atoms with van der Waals surface area (Å²) < 4.78 is 11.3. The minimum atomic E-state index is 0.311. The van der Waals surface area contributed by atoms with Gasteiger partial charge in [0.1, 0.15) is 5.75 Å². The van der Waals surface area contributed by atoms with Gasteiger partial charge in [0.15, 0.2) is 5.96 Å². The quantitative estimate of drug-likeness (QED) is 0.517. The second-order valence-electron chi connectivity index (χ2n) is 7.56. The second-order valence-corrected chi connectivity index (χ2v) is 7.56. The van der Waals surface area contributed by atoms with Crippen LogP contribution in [0.5, 0.6) is 5.75 Å². The summed E-state index contributed by atoms with van der Waals surface area (Å²) in [6.45, 7) is 9.93.